The van der Waals surface area contributed by atoms with E-state index in [1.807, 2.05) is 11.3 Å². The molecule has 12 aromatic rings. The van der Waals surface area contributed by atoms with Gasteiger partial charge in [0.25, 0.3) is 0 Å². The summed E-state index contributed by atoms with van der Waals surface area (Å²) in [4.78, 5) is 0. The van der Waals surface area contributed by atoms with Crippen LogP contribution in [0, 0.1) is 0 Å². The van der Waals surface area contributed by atoms with Crippen molar-refractivity contribution in [1.29, 1.82) is 0 Å². The molecule has 10 aromatic carbocycles. The number of benzene rings is 10. The van der Waals surface area contributed by atoms with Crippen LogP contribution in [0.15, 0.2) is 186 Å². The molecule has 0 amide bonds. The van der Waals surface area contributed by atoms with E-state index < -0.39 is 0 Å². The van der Waals surface area contributed by atoms with Crippen molar-refractivity contribution in [1.82, 2.24) is 0 Å². The summed E-state index contributed by atoms with van der Waals surface area (Å²) in [5.74, 6) is 0. The van der Waals surface area contributed by atoms with Crippen LogP contribution < -0.4 is 0 Å². The highest BCUT2D eigenvalue weighted by Crippen LogP contribution is 2.45. The first kappa shape index (κ1) is 29.8. The predicted octanol–water partition coefficient (Wildman–Crippen LogP) is 15.6. The largest absolute Gasteiger partial charge is 0.456 e. The van der Waals surface area contributed by atoms with Gasteiger partial charge in [0.15, 0.2) is 0 Å². The van der Waals surface area contributed by atoms with E-state index in [4.69, 9.17) is 4.42 Å². The second-order valence-corrected chi connectivity index (χ2v) is 15.5. The molecule has 12 rings (SSSR count). The molecule has 0 radical (unpaired) electrons. The molecule has 0 bridgehead atoms. The maximum Gasteiger partial charge on any atom is 0.136 e. The van der Waals surface area contributed by atoms with Crippen molar-refractivity contribution in [3.05, 3.63) is 182 Å². The molecular formula is C52H30OS. The molecule has 0 spiro atoms. The maximum atomic E-state index is 6.45. The first-order chi connectivity index (χ1) is 26.7. The fraction of sp³-hybridized carbons (Fsp3) is 0. The normalized spacial score (nSPS) is 12.1. The molecule has 0 saturated heterocycles. The summed E-state index contributed by atoms with van der Waals surface area (Å²) in [6.07, 6.45) is 0. The molecule has 0 aliphatic carbocycles. The van der Waals surface area contributed by atoms with Gasteiger partial charge in [0.2, 0.25) is 0 Å². The SMILES string of the molecule is c1ccc(-c2c3ccccc3c(-c3ccc4cc(-c5ccc6oc7cc8cc9c(cc8cc7c6c5)sc5ccccc59)ccc4c3)c3ccccc23)cc1. The Bertz CT molecular complexity index is 3440. The number of fused-ring (bicyclic) bond motifs is 10. The summed E-state index contributed by atoms with van der Waals surface area (Å²) in [6.45, 7) is 0. The van der Waals surface area contributed by atoms with Crippen molar-refractivity contribution in [3.63, 3.8) is 0 Å². The number of hydrogen-bond donors (Lipinski definition) is 0. The van der Waals surface area contributed by atoms with Crippen LogP contribution in [0.4, 0.5) is 0 Å². The van der Waals surface area contributed by atoms with Crippen molar-refractivity contribution >= 4 is 96.5 Å². The van der Waals surface area contributed by atoms with Gasteiger partial charge in [-0.25, -0.2) is 0 Å². The lowest BCUT2D eigenvalue weighted by Crippen LogP contribution is -1.90. The van der Waals surface area contributed by atoms with E-state index in [-0.39, 0.29) is 0 Å². The zero-order valence-corrected chi connectivity index (χ0v) is 30.0. The zero-order valence-electron chi connectivity index (χ0n) is 29.1. The monoisotopic (exact) mass is 702 g/mol. The van der Waals surface area contributed by atoms with Crippen LogP contribution in [0.3, 0.4) is 0 Å². The summed E-state index contributed by atoms with van der Waals surface area (Å²) in [5, 5.41) is 14.9. The molecule has 0 N–H and O–H groups in total. The number of rotatable bonds is 3. The minimum Gasteiger partial charge on any atom is -0.456 e. The van der Waals surface area contributed by atoms with Gasteiger partial charge in [0, 0.05) is 30.9 Å². The van der Waals surface area contributed by atoms with Gasteiger partial charge in [0.05, 0.1) is 0 Å². The average Bonchev–Trinajstić information content (AvgIpc) is 3.77. The molecule has 250 valence electrons. The van der Waals surface area contributed by atoms with Gasteiger partial charge in [-0.15, -0.1) is 11.3 Å². The smallest absolute Gasteiger partial charge is 0.136 e. The molecule has 0 aliphatic rings. The van der Waals surface area contributed by atoms with Gasteiger partial charge in [-0.2, -0.15) is 0 Å². The quantitative estimate of drug-likeness (QED) is 0.167. The Morgan fingerprint density at radius 3 is 1.56 bits per heavy atom. The second kappa shape index (κ2) is 11.4. The van der Waals surface area contributed by atoms with Crippen LogP contribution in [0.25, 0.3) is 119 Å². The van der Waals surface area contributed by atoms with Gasteiger partial charge in [0.1, 0.15) is 11.2 Å². The Kier molecular flexibility index (Phi) is 6.28. The highest BCUT2D eigenvalue weighted by molar-refractivity contribution is 7.25. The minimum absolute atomic E-state index is 0.916. The molecular weight excluding hydrogens is 673 g/mol. The van der Waals surface area contributed by atoms with Crippen molar-refractivity contribution in [2.75, 3.05) is 0 Å². The average molecular weight is 703 g/mol. The van der Waals surface area contributed by atoms with Crippen molar-refractivity contribution < 1.29 is 4.42 Å². The van der Waals surface area contributed by atoms with Gasteiger partial charge in [-0.3, -0.25) is 0 Å². The Labute approximate surface area is 314 Å². The molecule has 0 atom stereocenters. The third-order valence-electron chi connectivity index (χ3n) is 11.4. The van der Waals surface area contributed by atoms with Crippen LogP contribution >= 0.6 is 11.3 Å². The Hall–Kier alpha value is -6.74. The first-order valence-electron chi connectivity index (χ1n) is 18.5. The highest BCUT2D eigenvalue weighted by atomic mass is 32.1. The topological polar surface area (TPSA) is 13.1 Å². The molecule has 0 fully saturated rings. The van der Waals surface area contributed by atoms with E-state index in [1.165, 1.54) is 96.6 Å². The Balaban J connectivity index is 0.972. The zero-order chi connectivity index (χ0) is 35.3. The van der Waals surface area contributed by atoms with E-state index >= 15 is 0 Å². The fourth-order valence-electron chi connectivity index (χ4n) is 8.86. The third kappa shape index (κ3) is 4.44. The van der Waals surface area contributed by atoms with E-state index in [1.54, 1.807) is 0 Å². The molecule has 1 nitrogen and oxygen atoms in total. The van der Waals surface area contributed by atoms with E-state index in [2.05, 4.69) is 182 Å². The van der Waals surface area contributed by atoms with Gasteiger partial charge in [-0.1, -0.05) is 127 Å². The van der Waals surface area contributed by atoms with Gasteiger partial charge >= 0.3 is 0 Å². The summed E-state index contributed by atoms with van der Waals surface area (Å²) < 4.78 is 9.10. The Morgan fingerprint density at radius 1 is 0.278 bits per heavy atom. The minimum atomic E-state index is 0.916. The highest BCUT2D eigenvalue weighted by Gasteiger charge is 2.17. The van der Waals surface area contributed by atoms with Crippen molar-refractivity contribution in [2.45, 2.75) is 0 Å². The van der Waals surface area contributed by atoms with Crippen molar-refractivity contribution in [3.8, 4) is 33.4 Å². The second-order valence-electron chi connectivity index (χ2n) is 14.4. The fourth-order valence-corrected chi connectivity index (χ4v) is 9.99. The first-order valence-corrected chi connectivity index (χ1v) is 19.3. The third-order valence-corrected chi connectivity index (χ3v) is 12.5. The molecule has 2 heterocycles. The van der Waals surface area contributed by atoms with Gasteiger partial charge < -0.3 is 4.42 Å². The van der Waals surface area contributed by atoms with Crippen LogP contribution in [0.2, 0.25) is 0 Å². The van der Waals surface area contributed by atoms with Gasteiger partial charge in [-0.05, 0) is 131 Å². The summed E-state index contributed by atoms with van der Waals surface area (Å²) >= 11 is 1.86. The van der Waals surface area contributed by atoms with E-state index in [9.17, 15) is 0 Å². The molecule has 2 heteroatoms. The molecule has 2 aromatic heterocycles. The van der Waals surface area contributed by atoms with E-state index in [0.29, 0.717) is 0 Å². The Morgan fingerprint density at radius 2 is 0.815 bits per heavy atom. The van der Waals surface area contributed by atoms with Crippen molar-refractivity contribution in [2.24, 2.45) is 0 Å². The van der Waals surface area contributed by atoms with Crippen LogP contribution in [-0.2, 0) is 0 Å². The van der Waals surface area contributed by atoms with Crippen LogP contribution in [0.1, 0.15) is 0 Å². The molecule has 0 unspecified atom stereocenters. The predicted molar refractivity (Wildman–Crippen MR) is 233 cm³/mol. The molecule has 54 heavy (non-hydrogen) atoms. The van der Waals surface area contributed by atoms with E-state index in [0.717, 1.165) is 21.9 Å². The lowest BCUT2D eigenvalue weighted by atomic mass is 9.85. The summed E-state index contributed by atoms with van der Waals surface area (Å²) in [5.41, 5.74) is 9.27. The number of hydrogen-bond acceptors (Lipinski definition) is 2. The lowest BCUT2D eigenvalue weighted by molar-refractivity contribution is 0.669. The number of thiophene rings is 1. The molecule has 0 saturated carbocycles. The summed E-state index contributed by atoms with van der Waals surface area (Å²) in [6, 6.07) is 66.8. The summed E-state index contributed by atoms with van der Waals surface area (Å²) in [7, 11) is 0. The van der Waals surface area contributed by atoms with Crippen LogP contribution in [-0.4, -0.2) is 0 Å². The lowest BCUT2D eigenvalue weighted by Gasteiger charge is -2.18. The van der Waals surface area contributed by atoms with Crippen LogP contribution in [0.5, 0.6) is 0 Å². The molecule has 0 aliphatic heterocycles. The number of furan rings is 1. The standard InChI is InChI=1S/C52H30OS/c1-2-10-31(11-3-1)51-40-13-4-6-15-42(40)52(43-16-7-5-14-41(43)51)36-21-20-32-24-33(18-19-34(32)25-36)35-22-23-47-44(26-35)45-27-38-30-50-46(28-37(38)29-48(45)53-47)39-12-8-9-17-49(39)54-50/h1-30H. The maximum absolute atomic E-state index is 6.45.